The molecular weight excluding hydrogens is 466 g/mol. The van der Waals surface area contributed by atoms with Gasteiger partial charge in [0.2, 0.25) is 5.91 Å². The molecule has 28 heavy (non-hydrogen) atoms. The van der Waals surface area contributed by atoms with Crippen molar-refractivity contribution < 1.29 is 14.3 Å². The number of carbonyl (C=O) groups excluding carboxylic acids is 2. The molecule has 0 atom stereocenters. The molecular formula is C19H17BrClN3O3S. The van der Waals surface area contributed by atoms with E-state index in [-0.39, 0.29) is 11.7 Å². The van der Waals surface area contributed by atoms with Crippen molar-refractivity contribution in [2.24, 2.45) is 0 Å². The van der Waals surface area contributed by atoms with Crippen LogP contribution in [0, 0.1) is 6.92 Å². The summed E-state index contributed by atoms with van der Waals surface area (Å²) in [7, 11) is 0. The van der Waals surface area contributed by atoms with E-state index in [1.54, 1.807) is 24.3 Å². The molecule has 0 radical (unpaired) electrons. The molecule has 0 saturated heterocycles. The molecule has 0 saturated carbocycles. The van der Waals surface area contributed by atoms with Crippen LogP contribution in [0.3, 0.4) is 0 Å². The number of halogens is 2. The molecule has 0 spiro atoms. The molecule has 2 aromatic carbocycles. The summed E-state index contributed by atoms with van der Waals surface area (Å²) in [5, 5.41) is 2.93. The molecule has 2 aromatic rings. The third-order valence-electron chi connectivity index (χ3n) is 3.31. The number of benzene rings is 2. The highest BCUT2D eigenvalue weighted by Gasteiger charge is 2.07. The Morgan fingerprint density at radius 1 is 1.18 bits per heavy atom. The van der Waals surface area contributed by atoms with Crippen molar-refractivity contribution in [2.75, 3.05) is 6.61 Å². The second kappa shape index (κ2) is 10.8. The number of carbonyl (C=O) groups is 2. The molecule has 0 aliphatic rings. The van der Waals surface area contributed by atoms with Gasteiger partial charge < -0.3 is 4.74 Å². The maximum atomic E-state index is 11.8. The molecule has 6 nitrogen and oxygen atoms in total. The maximum Gasteiger partial charge on any atom is 0.276 e. The molecule has 2 rings (SSSR count). The first-order valence-electron chi connectivity index (χ1n) is 8.06. The van der Waals surface area contributed by atoms with Crippen LogP contribution < -0.4 is 20.9 Å². The Hall–Kier alpha value is -2.42. The number of thiocarbonyl (C=S) groups is 1. The Morgan fingerprint density at radius 3 is 2.57 bits per heavy atom. The summed E-state index contributed by atoms with van der Waals surface area (Å²) in [6, 6.07) is 12.6. The van der Waals surface area contributed by atoms with Gasteiger partial charge in [-0.05, 0) is 64.9 Å². The first-order valence-corrected chi connectivity index (χ1v) is 9.64. The van der Waals surface area contributed by atoms with Gasteiger partial charge in [0.1, 0.15) is 5.75 Å². The highest BCUT2D eigenvalue weighted by atomic mass is 79.9. The van der Waals surface area contributed by atoms with Gasteiger partial charge in [-0.2, -0.15) is 0 Å². The number of aryl methyl sites for hydroxylation is 1. The van der Waals surface area contributed by atoms with Crippen LogP contribution in [0.5, 0.6) is 5.75 Å². The van der Waals surface area contributed by atoms with Crippen molar-refractivity contribution in [3.63, 3.8) is 0 Å². The van der Waals surface area contributed by atoms with E-state index < -0.39 is 11.8 Å². The molecule has 9 heteroatoms. The van der Waals surface area contributed by atoms with Crippen LogP contribution in [0.15, 0.2) is 53.0 Å². The third-order valence-corrected chi connectivity index (χ3v) is 4.37. The van der Waals surface area contributed by atoms with Gasteiger partial charge in [0, 0.05) is 11.1 Å². The molecule has 0 bridgehead atoms. The van der Waals surface area contributed by atoms with E-state index in [0.717, 1.165) is 11.1 Å². The van der Waals surface area contributed by atoms with Crippen molar-refractivity contribution in [1.82, 2.24) is 16.2 Å². The van der Waals surface area contributed by atoms with E-state index in [1.807, 2.05) is 31.2 Å². The second-order valence-corrected chi connectivity index (χ2v) is 7.30. The van der Waals surface area contributed by atoms with Gasteiger partial charge in [0.25, 0.3) is 5.91 Å². The first kappa shape index (κ1) is 21.9. The third kappa shape index (κ3) is 7.67. The van der Waals surface area contributed by atoms with E-state index in [2.05, 4.69) is 32.1 Å². The van der Waals surface area contributed by atoms with Crippen LogP contribution in [0.4, 0.5) is 0 Å². The van der Waals surface area contributed by atoms with Crippen molar-refractivity contribution in [3.8, 4) is 5.75 Å². The maximum absolute atomic E-state index is 11.8. The summed E-state index contributed by atoms with van der Waals surface area (Å²) in [5.74, 6) is -0.431. The highest BCUT2D eigenvalue weighted by Crippen LogP contribution is 2.27. The first-order chi connectivity index (χ1) is 13.3. The van der Waals surface area contributed by atoms with Crippen LogP contribution in [-0.4, -0.2) is 23.5 Å². The van der Waals surface area contributed by atoms with Gasteiger partial charge in [-0.3, -0.25) is 25.8 Å². The van der Waals surface area contributed by atoms with E-state index in [1.165, 1.54) is 6.08 Å². The summed E-state index contributed by atoms with van der Waals surface area (Å²) in [6.45, 7) is 1.73. The second-order valence-electron chi connectivity index (χ2n) is 5.60. The lowest BCUT2D eigenvalue weighted by Crippen LogP contribution is -2.49. The monoisotopic (exact) mass is 481 g/mol. The van der Waals surface area contributed by atoms with Gasteiger partial charge in [-0.1, -0.05) is 41.4 Å². The lowest BCUT2D eigenvalue weighted by Gasteiger charge is -2.11. The number of nitrogens with one attached hydrogen (secondary N) is 3. The fourth-order valence-electron chi connectivity index (χ4n) is 1.93. The van der Waals surface area contributed by atoms with Crippen molar-refractivity contribution in [2.45, 2.75) is 6.92 Å². The number of hydrogen-bond donors (Lipinski definition) is 3. The average Bonchev–Trinajstić information content (AvgIpc) is 2.65. The average molecular weight is 483 g/mol. The SMILES string of the molecule is Cc1ccc(C=CC(=O)NC(=S)NNC(=O)COc2ccc(Cl)cc2Br)cc1. The topological polar surface area (TPSA) is 79.5 Å². The Morgan fingerprint density at radius 2 is 1.89 bits per heavy atom. The molecule has 0 aliphatic heterocycles. The molecule has 2 amide bonds. The molecule has 0 aliphatic carbocycles. The van der Waals surface area contributed by atoms with E-state index in [0.29, 0.717) is 15.2 Å². The number of ether oxygens (including phenoxy) is 1. The highest BCUT2D eigenvalue weighted by molar-refractivity contribution is 9.10. The minimum Gasteiger partial charge on any atom is -0.483 e. The number of amides is 2. The molecule has 0 aromatic heterocycles. The minimum absolute atomic E-state index is 0.0421. The lowest BCUT2D eigenvalue weighted by atomic mass is 10.1. The summed E-state index contributed by atoms with van der Waals surface area (Å²) in [6.07, 6.45) is 3.01. The predicted octanol–water partition coefficient (Wildman–Crippen LogP) is 3.53. The zero-order chi connectivity index (χ0) is 20.5. The van der Waals surface area contributed by atoms with Crippen LogP contribution >= 0.6 is 39.7 Å². The Bertz CT molecular complexity index is 904. The Labute approximate surface area is 181 Å². The van der Waals surface area contributed by atoms with Crippen LogP contribution in [0.1, 0.15) is 11.1 Å². The van der Waals surface area contributed by atoms with Gasteiger partial charge >= 0.3 is 0 Å². The van der Waals surface area contributed by atoms with E-state index >= 15 is 0 Å². The molecule has 0 fully saturated rings. The predicted molar refractivity (Wildman–Crippen MR) is 117 cm³/mol. The fraction of sp³-hybridized carbons (Fsp3) is 0.105. The summed E-state index contributed by atoms with van der Waals surface area (Å²) < 4.78 is 5.99. The van der Waals surface area contributed by atoms with Crippen LogP contribution in [0.25, 0.3) is 6.08 Å². The summed E-state index contributed by atoms with van der Waals surface area (Å²) in [5.41, 5.74) is 6.79. The van der Waals surface area contributed by atoms with Crippen LogP contribution in [-0.2, 0) is 9.59 Å². The molecule has 3 N–H and O–H groups in total. The Kier molecular flexibility index (Phi) is 8.43. The van der Waals surface area contributed by atoms with Gasteiger partial charge in [0.15, 0.2) is 11.7 Å². The quantitative estimate of drug-likeness (QED) is 0.345. The van der Waals surface area contributed by atoms with Crippen molar-refractivity contribution in [3.05, 3.63) is 69.2 Å². The number of hydrogen-bond acceptors (Lipinski definition) is 4. The van der Waals surface area contributed by atoms with E-state index in [4.69, 9.17) is 28.6 Å². The minimum atomic E-state index is -0.478. The van der Waals surface area contributed by atoms with Crippen molar-refractivity contribution >= 4 is 62.8 Å². The molecule has 0 unspecified atom stereocenters. The number of rotatable bonds is 5. The van der Waals surface area contributed by atoms with Gasteiger partial charge in [-0.15, -0.1) is 0 Å². The lowest BCUT2D eigenvalue weighted by molar-refractivity contribution is -0.123. The van der Waals surface area contributed by atoms with Gasteiger partial charge in [0.05, 0.1) is 4.47 Å². The van der Waals surface area contributed by atoms with E-state index in [9.17, 15) is 9.59 Å². The standard InChI is InChI=1S/C19H17BrClN3O3S/c1-12-2-4-13(5-3-12)6-9-17(25)22-19(28)24-23-18(26)11-27-16-8-7-14(21)10-15(16)20/h2-10H,11H2,1H3,(H,23,26)(H2,22,24,25,28). The largest absolute Gasteiger partial charge is 0.483 e. The molecule has 146 valence electrons. The number of hydrazine groups is 1. The van der Waals surface area contributed by atoms with Crippen molar-refractivity contribution in [1.29, 1.82) is 0 Å². The molecule has 0 heterocycles. The normalized spacial score (nSPS) is 10.4. The summed E-state index contributed by atoms with van der Waals surface area (Å²) >= 11 is 14.1. The summed E-state index contributed by atoms with van der Waals surface area (Å²) in [4.78, 5) is 23.6. The van der Waals surface area contributed by atoms with Gasteiger partial charge in [-0.25, -0.2) is 0 Å². The smallest absolute Gasteiger partial charge is 0.276 e. The fourth-order valence-corrected chi connectivity index (χ4v) is 2.88. The Balaban J connectivity index is 1.71. The van der Waals surface area contributed by atoms with Crippen LogP contribution in [0.2, 0.25) is 5.02 Å². The zero-order valence-electron chi connectivity index (χ0n) is 14.8. The zero-order valence-corrected chi connectivity index (χ0v) is 18.0.